The zero-order valence-corrected chi connectivity index (χ0v) is 16.4. The molecule has 2 aromatic rings. The molecule has 4 N–H and O–H groups in total. The van der Waals surface area contributed by atoms with Crippen molar-refractivity contribution in [3.63, 3.8) is 0 Å². The Balaban J connectivity index is 1.87. The second kappa shape index (κ2) is 7.73. The minimum absolute atomic E-state index is 0.160. The van der Waals surface area contributed by atoms with Gasteiger partial charge < -0.3 is 15.8 Å². The van der Waals surface area contributed by atoms with E-state index in [4.69, 9.17) is 37.5 Å². The van der Waals surface area contributed by atoms with Crippen LogP contribution in [0.3, 0.4) is 0 Å². The van der Waals surface area contributed by atoms with Gasteiger partial charge in [0.1, 0.15) is 5.70 Å². The molecular weight excluding hydrogens is 374 g/mol. The van der Waals surface area contributed by atoms with Gasteiger partial charge in [0.05, 0.1) is 11.4 Å². The number of anilines is 1. The van der Waals surface area contributed by atoms with Crippen LogP contribution in [0.25, 0.3) is 0 Å². The Kier molecular flexibility index (Phi) is 5.15. The molecule has 0 saturated carbocycles. The third-order valence-corrected chi connectivity index (χ3v) is 5.37. The molecule has 1 aromatic heterocycles. The number of benzene rings is 1. The lowest BCUT2D eigenvalue weighted by atomic mass is 9.94. The summed E-state index contributed by atoms with van der Waals surface area (Å²) >= 11 is 6.46. The number of fused-ring (bicyclic) bond motifs is 1. The number of nitrogens with one attached hydrogen (secondary N) is 2. The topological polar surface area (TPSA) is 96.4 Å². The van der Waals surface area contributed by atoms with Gasteiger partial charge in [0.15, 0.2) is 5.84 Å². The fraction of sp³-hybridized carbons (Fsp3) is 0.286. The average Bonchev–Trinajstić information content (AvgIpc) is 2.84. The Morgan fingerprint density at radius 1 is 1.25 bits per heavy atom. The summed E-state index contributed by atoms with van der Waals surface area (Å²) in [6.45, 7) is 3.23. The number of ether oxygens (including phenoxy) is 1. The van der Waals surface area contributed by atoms with E-state index in [0.29, 0.717) is 28.0 Å². The van der Waals surface area contributed by atoms with E-state index < -0.39 is 0 Å². The Bertz CT molecular complexity index is 988. The lowest BCUT2D eigenvalue weighted by molar-refractivity contribution is 0.0845. The number of amidine groups is 1. The van der Waals surface area contributed by atoms with E-state index >= 15 is 0 Å². The minimum atomic E-state index is 0.160. The van der Waals surface area contributed by atoms with Crippen molar-refractivity contribution < 1.29 is 4.74 Å². The lowest BCUT2D eigenvalue weighted by Gasteiger charge is -2.22. The van der Waals surface area contributed by atoms with Gasteiger partial charge in [0.25, 0.3) is 0 Å². The molecule has 2 aliphatic heterocycles. The first kappa shape index (κ1) is 18.7. The van der Waals surface area contributed by atoms with Crippen molar-refractivity contribution in [1.82, 2.24) is 4.98 Å². The highest BCUT2D eigenvalue weighted by Crippen LogP contribution is 2.32. The molecule has 1 aromatic carbocycles. The summed E-state index contributed by atoms with van der Waals surface area (Å²) in [4.78, 5) is 9.43. The number of nitrogens with two attached hydrogens (primary N) is 1. The molecule has 2 aliphatic rings. The van der Waals surface area contributed by atoms with Crippen LogP contribution in [-0.2, 0) is 4.74 Å². The van der Waals surface area contributed by atoms with E-state index in [9.17, 15) is 0 Å². The van der Waals surface area contributed by atoms with Gasteiger partial charge in [-0.05, 0) is 31.9 Å². The monoisotopic (exact) mass is 395 g/mol. The fourth-order valence-electron chi connectivity index (χ4n) is 3.55. The highest BCUT2D eigenvalue weighted by atomic mass is 35.5. The van der Waals surface area contributed by atoms with Gasteiger partial charge in [-0.2, -0.15) is 0 Å². The third kappa shape index (κ3) is 3.53. The van der Waals surface area contributed by atoms with E-state index in [-0.39, 0.29) is 5.84 Å². The van der Waals surface area contributed by atoms with Gasteiger partial charge in [0.2, 0.25) is 0 Å². The Labute approximate surface area is 169 Å². The van der Waals surface area contributed by atoms with Gasteiger partial charge in [-0.1, -0.05) is 29.8 Å². The number of rotatable bonds is 2. The molecule has 0 atom stereocenters. The zero-order chi connectivity index (χ0) is 19.7. The molecule has 1 saturated heterocycles. The van der Waals surface area contributed by atoms with Crippen LogP contribution in [0.2, 0.25) is 5.02 Å². The minimum Gasteiger partial charge on any atom is -0.400 e. The molecule has 0 bridgehead atoms. The summed E-state index contributed by atoms with van der Waals surface area (Å²) in [6.07, 6.45) is 3.71. The first-order valence-electron chi connectivity index (χ1n) is 9.28. The highest BCUT2D eigenvalue weighted by molar-refractivity contribution is 6.36. The SMILES string of the molecule is C/C(N)=C1\N=C(c2ccccc2Cl)c2cnc(C3CCOCC3)cc2NC1=N. The molecule has 4 rings (SSSR count). The summed E-state index contributed by atoms with van der Waals surface area (Å²) in [5, 5.41) is 12.2. The van der Waals surface area contributed by atoms with Gasteiger partial charge >= 0.3 is 0 Å². The van der Waals surface area contributed by atoms with Gasteiger partial charge in [-0.3, -0.25) is 10.4 Å². The maximum absolute atomic E-state index is 8.44. The van der Waals surface area contributed by atoms with Crippen LogP contribution in [0.5, 0.6) is 0 Å². The first-order chi connectivity index (χ1) is 13.5. The molecule has 0 unspecified atom stereocenters. The lowest BCUT2D eigenvalue weighted by Crippen LogP contribution is -2.17. The second-order valence-corrected chi connectivity index (χ2v) is 7.42. The van der Waals surface area contributed by atoms with Crippen LogP contribution in [0.4, 0.5) is 5.69 Å². The number of aromatic nitrogens is 1. The second-order valence-electron chi connectivity index (χ2n) is 7.01. The standard InChI is InChI=1S/C21H22ClN5O/c1-12(23)19-21(24)26-18-10-17(13-6-8-28-9-7-13)25-11-15(18)20(27-19)14-4-2-3-5-16(14)22/h2-5,10-11,13H,6-9,23H2,1H3,(H2,24,26)/b19-12+. The number of hydrogen-bond donors (Lipinski definition) is 3. The van der Waals surface area contributed by atoms with E-state index in [1.807, 2.05) is 36.5 Å². The molecule has 3 heterocycles. The molecule has 28 heavy (non-hydrogen) atoms. The molecule has 144 valence electrons. The highest BCUT2D eigenvalue weighted by Gasteiger charge is 2.25. The Hall–Kier alpha value is -2.70. The maximum Gasteiger partial charge on any atom is 0.150 e. The number of allylic oxidation sites excluding steroid dienone is 1. The number of hydrogen-bond acceptors (Lipinski definition) is 5. The number of halogens is 1. The van der Waals surface area contributed by atoms with Crippen molar-refractivity contribution in [3.8, 4) is 0 Å². The summed E-state index contributed by atoms with van der Waals surface area (Å²) < 4.78 is 5.47. The van der Waals surface area contributed by atoms with Crippen molar-refractivity contribution in [1.29, 1.82) is 5.41 Å². The van der Waals surface area contributed by atoms with Gasteiger partial charge in [-0.15, -0.1) is 0 Å². The van der Waals surface area contributed by atoms with E-state index in [1.54, 1.807) is 6.92 Å². The van der Waals surface area contributed by atoms with E-state index in [2.05, 4.69) is 5.32 Å². The van der Waals surface area contributed by atoms with Crippen molar-refractivity contribution >= 4 is 28.8 Å². The normalized spacial score (nSPS) is 19.4. The third-order valence-electron chi connectivity index (χ3n) is 5.04. The molecule has 0 aliphatic carbocycles. The average molecular weight is 396 g/mol. The molecule has 0 radical (unpaired) electrons. The van der Waals surface area contributed by atoms with Crippen LogP contribution in [0.15, 0.2) is 52.9 Å². The van der Waals surface area contributed by atoms with E-state index in [0.717, 1.165) is 48.6 Å². The van der Waals surface area contributed by atoms with Crippen molar-refractivity contribution in [3.05, 3.63) is 69.8 Å². The number of nitrogens with zero attached hydrogens (tertiary/aromatic N) is 2. The quantitative estimate of drug-likeness (QED) is 0.714. The summed E-state index contributed by atoms with van der Waals surface area (Å²) in [6, 6.07) is 9.54. The predicted octanol–water partition coefficient (Wildman–Crippen LogP) is 4.06. The first-order valence-corrected chi connectivity index (χ1v) is 9.66. The molecule has 0 amide bonds. The number of pyridine rings is 1. The summed E-state index contributed by atoms with van der Waals surface area (Å²) in [7, 11) is 0. The maximum atomic E-state index is 8.44. The fourth-order valence-corrected chi connectivity index (χ4v) is 3.77. The molecule has 1 fully saturated rings. The molecular formula is C21H22ClN5O. The smallest absolute Gasteiger partial charge is 0.150 e. The zero-order valence-electron chi connectivity index (χ0n) is 15.6. The molecule has 0 spiro atoms. The Morgan fingerprint density at radius 2 is 2.00 bits per heavy atom. The Morgan fingerprint density at radius 3 is 2.71 bits per heavy atom. The largest absolute Gasteiger partial charge is 0.400 e. The van der Waals surface area contributed by atoms with Gasteiger partial charge in [-0.25, -0.2) is 4.99 Å². The molecule has 6 nitrogen and oxygen atoms in total. The van der Waals surface area contributed by atoms with Crippen LogP contribution >= 0.6 is 11.6 Å². The van der Waals surface area contributed by atoms with Crippen LogP contribution in [0, 0.1) is 5.41 Å². The number of aliphatic imine (C=N–C) groups is 1. The predicted molar refractivity (Wildman–Crippen MR) is 112 cm³/mol. The summed E-state index contributed by atoms with van der Waals surface area (Å²) in [5.41, 5.74) is 10.9. The molecule has 7 heteroatoms. The van der Waals surface area contributed by atoms with E-state index in [1.165, 1.54) is 0 Å². The van der Waals surface area contributed by atoms with Crippen LogP contribution in [0.1, 0.15) is 42.5 Å². The van der Waals surface area contributed by atoms with Crippen molar-refractivity contribution in [2.75, 3.05) is 18.5 Å². The van der Waals surface area contributed by atoms with Crippen LogP contribution < -0.4 is 11.1 Å². The summed E-state index contributed by atoms with van der Waals surface area (Å²) in [5.74, 6) is 0.512. The van der Waals surface area contributed by atoms with Gasteiger partial charge in [0, 0.05) is 52.9 Å². The van der Waals surface area contributed by atoms with Crippen molar-refractivity contribution in [2.45, 2.75) is 25.7 Å². The van der Waals surface area contributed by atoms with Crippen LogP contribution in [-0.4, -0.2) is 29.7 Å². The van der Waals surface area contributed by atoms with Crippen molar-refractivity contribution in [2.24, 2.45) is 10.7 Å².